The lowest BCUT2D eigenvalue weighted by molar-refractivity contribution is -0.384. The molecule has 0 saturated heterocycles. The first-order chi connectivity index (χ1) is 9.62. The van der Waals surface area contributed by atoms with Crippen molar-refractivity contribution in [3.63, 3.8) is 0 Å². The fourth-order valence-electron chi connectivity index (χ4n) is 1.80. The molecular formula is C13H21N3O4. The van der Waals surface area contributed by atoms with Crippen LogP contribution in [0.5, 0.6) is 0 Å². The Morgan fingerprint density at radius 3 is 2.25 bits per heavy atom. The van der Waals surface area contributed by atoms with Gasteiger partial charge in [0.2, 0.25) is 0 Å². The van der Waals surface area contributed by atoms with Crippen LogP contribution in [0.1, 0.15) is 0 Å². The molecule has 0 aliphatic carbocycles. The maximum atomic E-state index is 11.0. The summed E-state index contributed by atoms with van der Waals surface area (Å²) in [6.07, 6.45) is 0. The van der Waals surface area contributed by atoms with Crippen LogP contribution in [0.4, 0.5) is 17.1 Å². The number of rotatable bonds is 9. The third kappa shape index (κ3) is 4.67. The molecule has 0 bridgehead atoms. The molecule has 1 aromatic rings. The molecule has 0 fully saturated rings. The summed E-state index contributed by atoms with van der Waals surface area (Å²) in [6.45, 7) is 2.37. The molecule has 0 aliphatic heterocycles. The predicted octanol–water partition coefficient (Wildman–Crippen LogP) is 1.74. The molecule has 0 radical (unpaired) electrons. The van der Waals surface area contributed by atoms with E-state index in [2.05, 4.69) is 5.32 Å². The van der Waals surface area contributed by atoms with Crippen LogP contribution in [-0.2, 0) is 9.47 Å². The van der Waals surface area contributed by atoms with Crippen molar-refractivity contribution in [1.82, 2.24) is 0 Å². The Morgan fingerprint density at radius 2 is 1.80 bits per heavy atom. The Labute approximate surface area is 118 Å². The number of anilines is 2. The molecule has 0 spiro atoms. The second-order valence-corrected chi connectivity index (χ2v) is 4.22. The average molecular weight is 283 g/mol. The van der Waals surface area contributed by atoms with E-state index >= 15 is 0 Å². The van der Waals surface area contributed by atoms with E-state index < -0.39 is 4.92 Å². The lowest BCUT2D eigenvalue weighted by Gasteiger charge is -2.24. The van der Waals surface area contributed by atoms with Crippen molar-refractivity contribution in [2.24, 2.45) is 0 Å². The number of benzene rings is 1. The largest absolute Gasteiger partial charge is 0.388 e. The van der Waals surface area contributed by atoms with Crippen LogP contribution in [0.3, 0.4) is 0 Å². The summed E-state index contributed by atoms with van der Waals surface area (Å²) in [5.74, 6) is 0. The van der Waals surface area contributed by atoms with Crippen LogP contribution in [-0.4, -0.2) is 52.5 Å². The number of methoxy groups -OCH3 is 2. The van der Waals surface area contributed by atoms with Crippen LogP contribution in [0.25, 0.3) is 0 Å². The molecule has 112 valence electrons. The maximum Gasteiger partial charge on any atom is 0.273 e. The van der Waals surface area contributed by atoms with Gasteiger partial charge in [0.15, 0.2) is 0 Å². The summed E-state index contributed by atoms with van der Waals surface area (Å²) in [5, 5.41) is 13.9. The summed E-state index contributed by atoms with van der Waals surface area (Å²) in [5.41, 5.74) is 1.54. The highest BCUT2D eigenvalue weighted by Gasteiger charge is 2.14. The van der Waals surface area contributed by atoms with Gasteiger partial charge in [0.05, 0.1) is 18.1 Å². The average Bonchev–Trinajstić information content (AvgIpc) is 2.46. The standard InChI is InChI=1S/C13H21N3O4/c1-14-11-8-12(10-13(9-11)16(17)18)15(4-6-19-2)5-7-20-3/h8-10,14H,4-7H2,1-3H3. The van der Waals surface area contributed by atoms with E-state index in [4.69, 9.17) is 9.47 Å². The number of non-ortho nitro benzene ring substituents is 1. The first-order valence-electron chi connectivity index (χ1n) is 6.32. The molecule has 0 atom stereocenters. The zero-order chi connectivity index (χ0) is 15.0. The lowest BCUT2D eigenvalue weighted by Crippen LogP contribution is -2.30. The number of hydrogen-bond acceptors (Lipinski definition) is 6. The molecular weight excluding hydrogens is 262 g/mol. The van der Waals surface area contributed by atoms with E-state index in [1.807, 2.05) is 11.0 Å². The first kappa shape index (κ1) is 16.2. The number of nitro benzene ring substituents is 1. The molecule has 0 aliphatic rings. The minimum Gasteiger partial charge on any atom is -0.388 e. The van der Waals surface area contributed by atoms with Crippen molar-refractivity contribution in [2.75, 3.05) is 57.8 Å². The Balaban J connectivity index is 3.02. The number of nitrogens with one attached hydrogen (secondary N) is 1. The number of hydrogen-bond donors (Lipinski definition) is 1. The molecule has 0 saturated carbocycles. The molecule has 1 aromatic carbocycles. The van der Waals surface area contributed by atoms with E-state index in [-0.39, 0.29) is 5.69 Å². The van der Waals surface area contributed by atoms with Crippen LogP contribution >= 0.6 is 0 Å². The van der Waals surface area contributed by atoms with Gasteiger partial charge in [-0.05, 0) is 6.07 Å². The molecule has 1 rings (SSSR count). The maximum absolute atomic E-state index is 11.0. The highest BCUT2D eigenvalue weighted by molar-refractivity contribution is 5.64. The van der Waals surface area contributed by atoms with E-state index in [1.54, 1.807) is 27.3 Å². The van der Waals surface area contributed by atoms with Crippen molar-refractivity contribution < 1.29 is 14.4 Å². The monoisotopic (exact) mass is 283 g/mol. The van der Waals surface area contributed by atoms with Crippen molar-refractivity contribution in [2.45, 2.75) is 0 Å². The zero-order valence-electron chi connectivity index (χ0n) is 12.1. The molecule has 7 heteroatoms. The zero-order valence-corrected chi connectivity index (χ0v) is 12.1. The summed E-state index contributed by atoms with van der Waals surface area (Å²) in [6, 6.07) is 4.94. The van der Waals surface area contributed by atoms with Crippen molar-refractivity contribution in [3.05, 3.63) is 28.3 Å². The third-order valence-corrected chi connectivity index (χ3v) is 2.90. The summed E-state index contributed by atoms with van der Waals surface area (Å²) < 4.78 is 10.2. The highest BCUT2D eigenvalue weighted by Crippen LogP contribution is 2.26. The minimum absolute atomic E-state index is 0.0617. The second-order valence-electron chi connectivity index (χ2n) is 4.22. The van der Waals surface area contributed by atoms with Gasteiger partial charge in [0.1, 0.15) is 0 Å². The van der Waals surface area contributed by atoms with Crippen molar-refractivity contribution in [3.8, 4) is 0 Å². The minimum atomic E-state index is -0.394. The third-order valence-electron chi connectivity index (χ3n) is 2.90. The molecule has 7 nitrogen and oxygen atoms in total. The van der Waals surface area contributed by atoms with Gasteiger partial charge in [-0.2, -0.15) is 0 Å². The Bertz CT molecular complexity index is 432. The van der Waals surface area contributed by atoms with Gasteiger partial charge in [0.25, 0.3) is 5.69 Å². The van der Waals surface area contributed by atoms with Crippen LogP contribution < -0.4 is 10.2 Å². The molecule has 0 unspecified atom stereocenters. The van der Waals surface area contributed by atoms with E-state index in [0.29, 0.717) is 32.0 Å². The van der Waals surface area contributed by atoms with E-state index in [0.717, 1.165) is 5.69 Å². The molecule has 20 heavy (non-hydrogen) atoms. The van der Waals surface area contributed by atoms with Crippen LogP contribution in [0.15, 0.2) is 18.2 Å². The SMILES string of the molecule is CNc1cc(N(CCOC)CCOC)cc([N+](=O)[O-])c1. The predicted molar refractivity (Wildman–Crippen MR) is 78.6 cm³/mol. The molecule has 0 heterocycles. The molecule has 1 N–H and O–H groups in total. The van der Waals surface area contributed by atoms with Crippen LogP contribution in [0.2, 0.25) is 0 Å². The second kappa shape index (κ2) is 8.34. The van der Waals surface area contributed by atoms with Gasteiger partial charge in [-0.3, -0.25) is 10.1 Å². The number of nitro groups is 1. The van der Waals surface area contributed by atoms with Gasteiger partial charge < -0.3 is 19.7 Å². The van der Waals surface area contributed by atoms with Gasteiger partial charge in [-0.1, -0.05) is 0 Å². The Hall–Kier alpha value is -1.86. The Morgan fingerprint density at radius 1 is 1.20 bits per heavy atom. The van der Waals surface area contributed by atoms with E-state index in [1.165, 1.54) is 6.07 Å². The van der Waals surface area contributed by atoms with Crippen molar-refractivity contribution in [1.29, 1.82) is 0 Å². The fraction of sp³-hybridized carbons (Fsp3) is 0.538. The molecule has 0 amide bonds. The van der Waals surface area contributed by atoms with Gasteiger partial charge in [0, 0.05) is 57.9 Å². The van der Waals surface area contributed by atoms with Crippen LogP contribution in [0, 0.1) is 10.1 Å². The summed E-state index contributed by atoms with van der Waals surface area (Å²) >= 11 is 0. The smallest absolute Gasteiger partial charge is 0.273 e. The lowest BCUT2D eigenvalue weighted by atomic mass is 10.2. The van der Waals surface area contributed by atoms with E-state index in [9.17, 15) is 10.1 Å². The first-order valence-corrected chi connectivity index (χ1v) is 6.32. The molecule has 0 aromatic heterocycles. The number of nitrogens with zero attached hydrogens (tertiary/aromatic N) is 2. The quantitative estimate of drug-likeness (QED) is 0.549. The topological polar surface area (TPSA) is 76.9 Å². The number of ether oxygens (including phenoxy) is 2. The van der Waals surface area contributed by atoms with Gasteiger partial charge >= 0.3 is 0 Å². The fourth-order valence-corrected chi connectivity index (χ4v) is 1.80. The van der Waals surface area contributed by atoms with Gasteiger partial charge in [-0.15, -0.1) is 0 Å². The van der Waals surface area contributed by atoms with Crippen molar-refractivity contribution >= 4 is 17.1 Å². The highest BCUT2D eigenvalue weighted by atomic mass is 16.6. The normalized spacial score (nSPS) is 10.3. The Kier molecular flexibility index (Phi) is 6.75. The van der Waals surface area contributed by atoms with Gasteiger partial charge in [-0.25, -0.2) is 0 Å². The summed E-state index contributed by atoms with van der Waals surface area (Å²) in [7, 11) is 4.99. The summed E-state index contributed by atoms with van der Waals surface area (Å²) in [4.78, 5) is 12.6.